The van der Waals surface area contributed by atoms with Crippen molar-refractivity contribution in [2.45, 2.75) is 52.7 Å². The highest BCUT2D eigenvalue weighted by molar-refractivity contribution is 5.53. The van der Waals surface area contributed by atoms with Crippen LogP contribution in [0.2, 0.25) is 0 Å². The number of anilines is 1. The van der Waals surface area contributed by atoms with Gasteiger partial charge in [-0.1, -0.05) is 18.2 Å². The first-order valence-electron chi connectivity index (χ1n) is 7.08. The Labute approximate surface area is 112 Å². The fraction of sp³-hybridized carbons (Fsp3) is 0.625. The first-order valence-corrected chi connectivity index (χ1v) is 7.08. The average Bonchev–Trinajstić information content (AvgIpc) is 2.27. The lowest BCUT2D eigenvalue weighted by atomic mass is 10.0. The van der Waals surface area contributed by atoms with Crippen molar-refractivity contribution in [1.29, 1.82) is 0 Å². The van der Waals surface area contributed by atoms with Gasteiger partial charge < -0.3 is 4.90 Å². The van der Waals surface area contributed by atoms with E-state index in [2.05, 4.69) is 68.7 Å². The van der Waals surface area contributed by atoms with Crippen molar-refractivity contribution in [3.8, 4) is 0 Å². The molecule has 0 unspecified atom stereocenters. The van der Waals surface area contributed by atoms with Gasteiger partial charge in [-0.05, 0) is 46.2 Å². The van der Waals surface area contributed by atoms with E-state index < -0.39 is 0 Å². The molecule has 0 radical (unpaired) electrons. The standard InChI is InChI=1S/C16H26N2/c1-12(2)18-14(4)10-17(11-15(18)5)16-9-7-6-8-13(16)3/h6-9,12,14-15H,10-11H2,1-5H3/t14-,15+. The third-order valence-corrected chi connectivity index (χ3v) is 4.04. The molecule has 1 saturated heterocycles. The lowest BCUT2D eigenvalue weighted by molar-refractivity contribution is 0.0954. The Morgan fingerprint density at radius 2 is 1.61 bits per heavy atom. The molecule has 2 nitrogen and oxygen atoms in total. The molecule has 0 amide bonds. The number of rotatable bonds is 2. The second-order valence-corrected chi connectivity index (χ2v) is 5.93. The molecule has 0 saturated carbocycles. The molecule has 0 aliphatic carbocycles. The summed E-state index contributed by atoms with van der Waals surface area (Å²) in [6.45, 7) is 13.8. The van der Waals surface area contributed by atoms with Gasteiger partial charge in [-0.2, -0.15) is 0 Å². The van der Waals surface area contributed by atoms with Gasteiger partial charge in [0, 0.05) is 36.9 Å². The molecule has 1 aliphatic heterocycles. The molecule has 0 aromatic heterocycles. The van der Waals surface area contributed by atoms with Crippen LogP contribution in [0.5, 0.6) is 0 Å². The summed E-state index contributed by atoms with van der Waals surface area (Å²) in [6.07, 6.45) is 0. The summed E-state index contributed by atoms with van der Waals surface area (Å²) in [6, 6.07) is 10.6. The molecular formula is C16H26N2. The van der Waals surface area contributed by atoms with Crippen LogP contribution in [0.4, 0.5) is 5.69 Å². The molecule has 2 heteroatoms. The van der Waals surface area contributed by atoms with Gasteiger partial charge >= 0.3 is 0 Å². The smallest absolute Gasteiger partial charge is 0.0396 e. The maximum atomic E-state index is 2.63. The highest BCUT2D eigenvalue weighted by atomic mass is 15.3. The third kappa shape index (κ3) is 2.54. The molecule has 0 bridgehead atoms. The second kappa shape index (κ2) is 5.31. The van der Waals surface area contributed by atoms with E-state index >= 15 is 0 Å². The van der Waals surface area contributed by atoms with E-state index in [-0.39, 0.29) is 0 Å². The summed E-state index contributed by atoms with van der Waals surface area (Å²) in [4.78, 5) is 5.18. The Kier molecular flexibility index (Phi) is 3.96. The summed E-state index contributed by atoms with van der Waals surface area (Å²) in [5.41, 5.74) is 2.79. The molecule has 0 N–H and O–H groups in total. The maximum absolute atomic E-state index is 2.63. The van der Waals surface area contributed by atoms with Crippen molar-refractivity contribution in [3.63, 3.8) is 0 Å². The minimum absolute atomic E-state index is 0.619. The van der Waals surface area contributed by atoms with Crippen LogP contribution >= 0.6 is 0 Å². The lowest BCUT2D eigenvalue weighted by Crippen LogP contribution is -2.59. The van der Waals surface area contributed by atoms with Gasteiger partial charge in [0.25, 0.3) is 0 Å². The summed E-state index contributed by atoms with van der Waals surface area (Å²) in [7, 11) is 0. The van der Waals surface area contributed by atoms with E-state index in [4.69, 9.17) is 0 Å². The molecule has 1 aliphatic rings. The van der Waals surface area contributed by atoms with Crippen LogP contribution in [0.25, 0.3) is 0 Å². The van der Waals surface area contributed by atoms with E-state index in [0.717, 1.165) is 13.1 Å². The van der Waals surface area contributed by atoms with Gasteiger partial charge in [-0.3, -0.25) is 4.90 Å². The maximum Gasteiger partial charge on any atom is 0.0396 e. The van der Waals surface area contributed by atoms with Gasteiger partial charge in [0.15, 0.2) is 0 Å². The molecule has 1 fully saturated rings. The van der Waals surface area contributed by atoms with Crippen LogP contribution in [0.1, 0.15) is 33.3 Å². The predicted octanol–water partition coefficient (Wildman–Crippen LogP) is 3.30. The van der Waals surface area contributed by atoms with E-state index in [1.54, 1.807) is 0 Å². The molecule has 1 aromatic carbocycles. The quantitative estimate of drug-likeness (QED) is 0.790. The Morgan fingerprint density at radius 3 is 2.11 bits per heavy atom. The molecule has 18 heavy (non-hydrogen) atoms. The molecule has 0 spiro atoms. The van der Waals surface area contributed by atoms with Crippen LogP contribution in [0.15, 0.2) is 24.3 Å². The zero-order chi connectivity index (χ0) is 13.3. The van der Waals surface area contributed by atoms with Crippen molar-refractivity contribution in [1.82, 2.24) is 4.90 Å². The molecule has 100 valence electrons. The van der Waals surface area contributed by atoms with Crippen LogP contribution in [0.3, 0.4) is 0 Å². The van der Waals surface area contributed by atoms with E-state index in [1.807, 2.05) is 0 Å². The summed E-state index contributed by atoms with van der Waals surface area (Å²) >= 11 is 0. The Morgan fingerprint density at radius 1 is 1.06 bits per heavy atom. The van der Waals surface area contributed by atoms with Crippen LogP contribution < -0.4 is 4.90 Å². The highest BCUT2D eigenvalue weighted by Crippen LogP contribution is 2.26. The molecule has 1 heterocycles. The Bertz CT molecular complexity index is 388. The van der Waals surface area contributed by atoms with E-state index in [9.17, 15) is 0 Å². The van der Waals surface area contributed by atoms with Gasteiger partial charge in [0.2, 0.25) is 0 Å². The number of piperazine rings is 1. The van der Waals surface area contributed by atoms with Crippen LogP contribution in [-0.2, 0) is 0 Å². The Balaban J connectivity index is 2.18. The molecule has 2 atom stereocenters. The van der Waals surface area contributed by atoms with E-state index in [0.29, 0.717) is 18.1 Å². The number of hydrogen-bond acceptors (Lipinski definition) is 2. The monoisotopic (exact) mass is 246 g/mol. The van der Waals surface area contributed by atoms with Crippen molar-refractivity contribution in [2.24, 2.45) is 0 Å². The largest absolute Gasteiger partial charge is 0.368 e. The van der Waals surface area contributed by atoms with Gasteiger partial charge in [0.05, 0.1) is 0 Å². The third-order valence-electron chi connectivity index (χ3n) is 4.04. The number of hydrogen-bond donors (Lipinski definition) is 0. The lowest BCUT2D eigenvalue weighted by Gasteiger charge is -2.47. The molecule has 2 rings (SSSR count). The van der Waals surface area contributed by atoms with Crippen LogP contribution in [-0.4, -0.2) is 36.1 Å². The van der Waals surface area contributed by atoms with Crippen molar-refractivity contribution < 1.29 is 0 Å². The minimum Gasteiger partial charge on any atom is -0.368 e. The summed E-state index contributed by atoms with van der Waals surface area (Å²) in [5.74, 6) is 0. The number of benzene rings is 1. The second-order valence-electron chi connectivity index (χ2n) is 5.93. The normalized spacial score (nSPS) is 25.8. The van der Waals surface area contributed by atoms with Crippen molar-refractivity contribution >= 4 is 5.69 Å². The fourth-order valence-electron chi connectivity index (χ4n) is 3.47. The predicted molar refractivity (Wildman–Crippen MR) is 79.3 cm³/mol. The number of para-hydroxylation sites is 1. The first-order chi connectivity index (χ1) is 8.50. The van der Waals surface area contributed by atoms with E-state index in [1.165, 1.54) is 11.3 Å². The number of nitrogens with zero attached hydrogens (tertiary/aromatic N) is 2. The zero-order valence-electron chi connectivity index (χ0n) is 12.4. The summed E-state index contributed by atoms with van der Waals surface area (Å²) in [5, 5.41) is 0. The van der Waals surface area contributed by atoms with Crippen LogP contribution in [0, 0.1) is 6.92 Å². The highest BCUT2D eigenvalue weighted by Gasteiger charge is 2.31. The SMILES string of the molecule is Cc1ccccc1N1C[C@@H](C)N(C(C)C)[C@@H](C)C1. The van der Waals surface area contributed by atoms with Gasteiger partial charge in [0.1, 0.15) is 0 Å². The molecular weight excluding hydrogens is 220 g/mol. The average molecular weight is 246 g/mol. The van der Waals surface area contributed by atoms with Gasteiger partial charge in [-0.25, -0.2) is 0 Å². The Hall–Kier alpha value is -1.02. The first kappa shape index (κ1) is 13.4. The minimum atomic E-state index is 0.619. The fourth-order valence-corrected chi connectivity index (χ4v) is 3.47. The van der Waals surface area contributed by atoms with Crippen molar-refractivity contribution in [3.05, 3.63) is 29.8 Å². The number of aryl methyl sites for hydroxylation is 1. The molecule has 1 aromatic rings. The summed E-state index contributed by atoms with van der Waals surface area (Å²) < 4.78 is 0. The topological polar surface area (TPSA) is 6.48 Å². The van der Waals surface area contributed by atoms with Gasteiger partial charge in [-0.15, -0.1) is 0 Å². The zero-order valence-corrected chi connectivity index (χ0v) is 12.4. The van der Waals surface area contributed by atoms with Crippen molar-refractivity contribution in [2.75, 3.05) is 18.0 Å².